The molecule has 2 heterocycles. The number of ketones is 1. The van der Waals surface area contributed by atoms with Crippen LogP contribution in [0.4, 0.5) is 5.95 Å². The highest BCUT2D eigenvalue weighted by Crippen LogP contribution is 2.39. The molecule has 7 nitrogen and oxygen atoms in total. The molecule has 0 unspecified atom stereocenters. The first-order chi connectivity index (χ1) is 15.0. The Morgan fingerprint density at radius 1 is 1.16 bits per heavy atom. The SMILES string of the molecule is CCOc1cc([C@H]2C(C(C)=O)=C(C)Nc3ncnn32)ccc1OCc1ccc(Br)cc1. The standard InChI is InChI=1S/C23H23BrN4O3/c1-4-30-20-11-17(7-10-19(20)31-12-16-5-8-18(24)9-6-16)22-21(15(3)29)14(2)27-23-25-13-26-28(22)23/h5-11,13,22H,4,12H2,1-3H3,(H,25,26,27)/t22-/m0/s1. The number of ether oxygens (including phenoxy) is 2. The lowest BCUT2D eigenvalue weighted by Gasteiger charge is -2.28. The van der Waals surface area contributed by atoms with Crippen molar-refractivity contribution < 1.29 is 14.3 Å². The number of hydrogen-bond acceptors (Lipinski definition) is 6. The second-order valence-electron chi connectivity index (χ2n) is 7.20. The summed E-state index contributed by atoms with van der Waals surface area (Å²) < 4.78 is 14.7. The Labute approximate surface area is 189 Å². The molecule has 0 radical (unpaired) electrons. The third-order valence-corrected chi connectivity index (χ3v) is 5.59. The summed E-state index contributed by atoms with van der Waals surface area (Å²) in [6.45, 7) is 6.28. The highest BCUT2D eigenvalue weighted by molar-refractivity contribution is 9.10. The van der Waals surface area contributed by atoms with Gasteiger partial charge in [-0.15, -0.1) is 0 Å². The molecule has 0 bridgehead atoms. The van der Waals surface area contributed by atoms with Gasteiger partial charge in [0.15, 0.2) is 17.3 Å². The van der Waals surface area contributed by atoms with Gasteiger partial charge in [0, 0.05) is 15.7 Å². The normalized spacial score (nSPS) is 15.3. The van der Waals surface area contributed by atoms with Crippen LogP contribution in [0.2, 0.25) is 0 Å². The van der Waals surface area contributed by atoms with Gasteiger partial charge in [-0.1, -0.05) is 34.1 Å². The van der Waals surface area contributed by atoms with E-state index in [1.807, 2.05) is 56.3 Å². The van der Waals surface area contributed by atoms with Crippen molar-refractivity contribution in [1.82, 2.24) is 14.8 Å². The monoisotopic (exact) mass is 482 g/mol. The van der Waals surface area contributed by atoms with Crippen molar-refractivity contribution >= 4 is 27.7 Å². The first kappa shape index (κ1) is 21.1. The fourth-order valence-electron chi connectivity index (χ4n) is 3.68. The average molecular weight is 483 g/mol. The fourth-order valence-corrected chi connectivity index (χ4v) is 3.94. The van der Waals surface area contributed by atoms with Gasteiger partial charge in [0.25, 0.3) is 0 Å². The number of anilines is 1. The van der Waals surface area contributed by atoms with Crippen LogP contribution >= 0.6 is 15.9 Å². The van der Waals surface area contributed by atoms with Gasteiger partial charge in [-0.05, 0) is 56.2 Å². The molecule has 1 aromatic heterocycles. The summed E-state index contributed by atoms with van der Waals surface area (Å²) in [4.78, 5) is 16.7. The molecule has 0 saturated carbocycles. The smallest absolute Gasteiger partial charge is 0.226 e. The zero-order valence-electron chi connectivity index (χ0n) is 17.6. The Morgan fingerprint density at radius 3 is 2.65 bits per heavy atom. The summed E-state index contributed by atoms with van der Waals surface area (Å²) in [7, 11) is 0. The van der Waals surface area contributed by atoms with Crippen LogP contribution in [0.5, 0.6) is 11.5 Å². The van der Waals surface area contributed by atoms with E-state index >= 15 is 0 Å². The van der Waals surface area contributed by atoms with Crippen molar-refractivity contribution in [2.24, 2.45) is 0 Å². The topological polar surface area (TPSA) is 78.3 Å². The van der Waals surface area contributed by atoms with Crippen LogP contribution in [0.1, 0.15) is 37.9 Å². The number of allylic oxidation sites excluding steroid dienone is 2. The summed E-state index contributed by atoms with van der Waals surface area (Å²) in [5.41, 5.74) is 3.34. The van der Waals surface area contributed by atoms with Crippen molar-refractivity contribution in [2.75, 3.05) is 11.9 Å². The summed E-state index contributed by atoms with van der Waals surface area (Å²) in [6.07, 6.45) is 1.48. The predicted molar refractivity (Wildman–Crippen MR) is 121 cm³/mol. The Morgan fingerprint density at radius 2 is 1.94 bits per heavy atom. The second kappa shape index (κ2) is 8.93. The number of Topliss-reactive ketones (excluding diaryl/α,β-unsaturated/α-hetero) is 1. The number of fused-ring (bicyclic) bond motifs is 1. The van der Waals surface area contributed by atoms with Crippen LogP contribution in [0.3, 0.4) is 0 Å². The molecule has 3 aromatic rings. The van der Waals surface area contributed by atoms with Crippen molar-refractivity contribution in [3.05, 3.63) is 75.7 Å². The van der Waals surface area contributed by atoms with Crippen molar-refractivity contribution in [2.45, 2.75) is 33.4 Å². The molecule has 8 heteroatoms. The van der Waals surface area contributed by atoms with Crippen LogP contribution in [0, 0.1) is 0 Å². The minimum absolute atomic E-state index is 0.0234. The van der Waals surface area contributed by atoms with E-state index in [9.17, 15) is 4.79 Å². The van der Waals surface area contributed by atoms with Gasteiger partial charge in [-0.25, -0.2) is 4.68 Å². The largest absolute Gasteiger partial charge is 0.490 e. The number of carbonyl (C=O) groups is 1. The lowest BCUT2D eigenvalue weighted by atomic mass is 9.93. The second-order valence-corrected chi connectivity index (χ2v) is 8.12. The van der Waals surface area contributed by atoms with Crippen LogP contribution in [0.25, 0.3) is 0 Å². The molecule has 0 aliphatic carbocycles. The Balaban J connectivity index is 1.68. The van der Waals surface area contributed by atoms with Crippen molar-refractivity contribution in [3.8, 4) is 11.5 Å². The predicted octanol–water partition coefficient (Wildman–Crippen LogP) is 4.90. The Bertz CT molecular complexity index is 1140. The van der Waals surface area contributed by atoms with E-state index in [1.165, 1.54) is 6.33 Å². The van der Waals surface area contributed by atoms with Crippen molar-refractivity contribution in [3.63, 3.8) is 0 Å². The molecule has 0 fully saturated rings. The molecular formula is C23H23BrN4O3. The van der Waals surface area contributed by atoms with Crippen molar-refractivity contribution in [1.29, 1.82) is 0 Å². The minimum atomic E-state index is -0.393. The molecule has 31 heavy (non-hydrogen) atoms. The Hall–Kier alpha value is -3.13. The van der Waals surface area contributed by atoms with Crippen LogP contribution in [-0.4, -0.2) is 27.2 Å². The summed E-state index contributed by atoms with van der Waals surface area (Å²) >= 11 is 3.44. The van der Waals surface area contributed by atoms with Gasteiger partial charge in [0.1, 0.15) is 19.0 Å². The lowest BCUT2D eigenvalue weighted by Crippen LogP contribution is -2.27. The molecule has 1 aliphatic rings. The van der Waals surface area contributed by atoms with E-state index in [1.54, 1.807) is 11.6 Å². The quantitative estimate of drug-likeness (QED) is 0.516. The molecule has 1 atom stereocenters. The van der Waals surface area contributed by atoms with E-state index in [2.05, 4.69) is 31.3 Å². The number of aromatic nitrogens is 3. The van der Waals surface area contributed by atoms with E-state index < -0.39 is 6.04 Å². The molecule has 0 amide bonds. The lowest BCUT2D eigenvalue weighted by molar-refractivity contribution is -0.114. The third kappa shape index (κ3) is 4.34. The number of rotatable bonds is 7. The fraction of sp³-hybridized carbons (Fsp3) is 0.261. The van der Waals surface area contributed by atoms with Gasteiger partial charge in [-0.2, -0.15) is 10.1 Å². The summed E-state index contributed by atoms with van der Waals surface area (Å²) in [5, 5.41) is 7.50. The molecule has 2 aromatic carbocycles. The molecule has 160 valence electrons. The number of nitrogens with one attached hydrogen (secondary N) is 1. The van der Waals surface area contributed by atoms with Crippen LogP contribution < -0.4 is 14.8 Å². The number of carbonyl (C=O) groups excluding carboxylic acids is 1. The molecule has 4 rings (SSSR count). The van der Waals surface area contributed by atoms with Gasteiger partial charge in [0.2, 0.25) is 5.95 Å². The Kier molecular flexibility index (Phi) is 6.08. The zero-order valence-corrected chi connectivity index (χ0v) is 19.1. The van der Waals surface area contributed by atoms with Gasteiger partial charge >= 0.3 is 0 Å². The molecule has 0 saturated heterocycles. The molecular weight excluding hydrogens is 460 g/mol. The van der Waals surface area contributed by atoms with E-state index in [0.29, 0.717) is 36.2 Å². The summed E-state index contributed by atoms with van der Waals surface area (Å²) in [6, 6.07) is 13.3. The maximum absolute atomic E-state index is 12.5. The van der Waals surface area contributed by atoms with Crippen LogP contribution in [-0.2, 0) is 11.4 Å². The number of hydrogen-bond donors (Lipinski definition) is 1. The van der Waals surface area contributed by atoms with E-state index in [0.717, 1.165) is 21.3 Å². The van der Waals surface area contributed by atoms with Gasteiger partial charge < -0.3 is 14.8 Å². The molecule has 1 N–H and O–H groups in total. The maximum Gasteiger partial charge on any atom is 0.226 e. The minimum Gasteiger partial charge on any atom is -0.490 e. The van der Waals surface area contributed by atoms with E-state index in [-0.39, 0.29) is 5.78 Å². The average Bonchev–Trinajstić information content (AvgIpc) is 3.21. The maximum atomic E-state index is 12.5. The molecule has 1 aliphatic heterocycles. The highest BCUT2D eigenvalue weighted by Gasteiger charge is 2.32. The highest BCUT2D eigenvalue weighted by atomic mass is 79.9. The zero-order chi connectivity index (χ0) is 22.0. The number of benzene rings is 2. The van der Waals surface area contributed by atoms with Crippen LogP contribution in [0.15, 0.2) is 64.5 Å². The number of nitrogens with zero attached hydrogens (tertiary/aromatic N) is 3. The number of halogens is 1. The van der Waals surface area contributed by atoms with Gasteiger partial charge in [-0.3, -0.25) is 4.79 Å². The van der Waals surface area contributed by atoms with E-state index in [4.69, 9.17) is 9.47 Å². The first-order valence-electron chi connectivity index (χ1n) is 10.00. The molecule has 0 spiro atoms. The van der Waals surface area contributed by atoms with Gasteiger partial charge in [0.05, 0.1) is 6.61 Å². The summed E-state index contributed by atoms with van der Waals surface area (Å²) in [5.74, 6) is 1.84. The first-order valence-corrected chi connectivity index (χ1v) is 10.8. The third-order valence-electron chi connectivity index (χ3n) is 5.06.